The Morgan fingerprint density at radius 1 is 1.25 bits per heavy atom. The van der Waals surface area contributed by atoms with Crippen LogP contribution in [-0.2, 0) is 14.3 Å². The van der Waals surface area contributed by atoms with Crippen LogP contribution in [0.3, 0.4) is 0 Å². The Kier molecular flexibility index (Phi) is 8.06. The summed E-state index contributed by atoms with van der Waals surface area (Å²) < 4.78 is 15.2. The Balaban J connectivity index is 1.71. The molecule has 1 atom stereocenters. The molecule has 0 aliphatic carbocycles. The molecule has 1 N–H and O–H groups in total. The standard InChI is InChI=1S/C19H22N2O6S/c1-4-25-15-7-5-14(6-8-15)16(22)10-26-18(23)11-28-13(3)19(24)20-17-9-12(2)27-21-17/h5-9,13H,4,10-11H2,1-3H3,(H,20,21,24)/t13-/m1/s1. The molecule has 0 saturated carbocycles. The normalized spacial score (nSPS) is 11.5. The van der Waals surface area contributed by atoms with Crippen molar-refractivity contribution >= 4 is 35.2 Å². The molecular weight excluding hydrogens is 384 g/mol. The van der Waals surface area contributed by atoms with E-state index in [0.29, 0.717) is 29.5 Å². The first-order valence-electron chi connectivity index (χ1n) is 8.66. The highest BCUT2D eigenvalue weighted by atomic mass is 32.2. The van der Waals surface area contributed by atoms with Gasteiger partial charge in [0.15, 0.2) is 18.2 Å². The predicted molar refractivity (Wildman–Crippen MR) is 105 cm³/mol. The summed E-state index contributed by atoms with van der Waals surface area (Å²) >= 11 is 1.10. The molecule has 0 unspecified atom stereocenters. The molecule has 1 aromatic heterocycles. The van der Waals surface area contributed by atoms with Crippen LogP contribution in [0.15, 0.2) is 34.9 Å². The number of carbonyl (C=O) groups excluding carboxylic acids is 3. The lowest BCUT2D eigenvalue weighted by Crippen LogP contribution is -2.24. The molecule has 150 valence electrons. The van der Waals surface area contributed by atoms with Crippen molar-refractivity contribution in [2.24, 2.45) is 0 Å². The number of nitrogens with zero attached hydrogens (tertiary/aromatic N) is 1. The molecule has 1 aromatic carbocycles. The van der Waals surface area contributed by atoms with Crippen molar-refractivity contribution < 1.29 is 28.4 Å². The fourth-order valence-corrected chi connectivity index (χ4v) is 2.78. The number of anilines is 1. The largest absolute Gasteiger partial charge is 0.494 e. The second kappa shape index (κ2) is 10.5. The van der Waals surface area contributed by atoms with E-state index in [1.165, 1.54) is 0 Å². The molecule has 0 spiro atoms. The molecule has 9 heteroatoms. The van der Waals surface area contributed by atoms with Gasteiger partial charge in [-0.3, -0.25) is 14.4 Å². The van der Waals surface area contributed by atoms with E-state index >= 15 is 0 Å². The third kappa shape index (κ3) is 6.73. The van der Waals surface area contributed by atoms with Crippen LogP contribution < -0.4 is 10.1 Å². The van der Waals surface area contributed by atoms with Crippen LogP contribution in [0.2, 0.25) is 0 Å². The Labute approximate surface area is 166 Å². The van der Waals surface area contributed by atoms with Crippen molar-refractivity contribution in [3.8, 4) is 5.75 Å². The Morgan fingerprint density at radius 3 is 2.57 bits per heavy atom. The van der Waals surface area contributed by atoms with Gasteiger partial charge >= 0.3 is 5.97 Å². The average molecular weight is 406 g/mol. The zero-order chi connectivity index (χ0) is 20.5. The van der Waals surface area contributed by atoms with Crippen molar-refractivity contribution in [1.82, 2.24) is 5.16 Å². The molecule has 2 rings (SSSR count). The monoisotopic (exact) mass is 406 g/mol. The predicted octanol–water partition coefficient (Wildman–Crippen LogP) is 2.87. The second-order valence-electron chi connectivity index (χ2n) is 5.81. The van der Waals surface area contributed by atoms with Crippen molar-refractivity contribution in [2.75, 3.05) is 24.3 Å². The topological polar surface area (TPSA) is 108 Å². The second-order valence-corrected chi connectivity index (χ2v) is 7.14. The molecule has 0 aliphatic heterocycles. The van der Waals surface area contributed by atoms with Crippen LogP contribution in [0.25, 0.3) is 0 Å². The summed E-state index contributed by atoms with van der Waals surface area (Å²) in [4.78, 5) is 35.9. The quantitative estimate of drug-likeness (QED) is 0.474. The number of ether oxygens (including phenoxy) is 2. The smallest absolute Gasteiger partial charge is 0.316 e. The molecule has 1 heterocycles. The van der Waals surface area contributed by atoms with Gasteiger partial charge in [0.2, 0.25) is 5.91 Å². The van der Waals surface area contributed by atoms with E-state index in [1.807, 2.05) is 6.92 Å². The highest BCUT2D eigenvalue weighted by molar-refractivity contribution is 8.01. The number of amides is 1. The molecule has 0 radical (unpaired) electrons. The summed E-state index contributed by atoms with van der Waals surface area (Å²) in [7, 11) is 0. The average Bonchev–Trinajstić information content (AvgIpc) is 3.09. The van der Waals surface area contributed by atoms with Gasteiger partial charge in [0.25, 0.3) is 0 Å². The number of thioether (sulfide) groups is 1. The van der Waals surface area contributed by atoms with Crippen molar-refractivity contribution in [2.45, 2.75) is 26.0 Å². The molecule has 8 nitrogen and oxygen atoms in total. The Morgan fingerprint density at radius 2 is 1.96 bits per heavy atom. The van der Waals surface area contributed by atoms with Gasteiger partial charge in [-0.1, -0.05) is 5.16 Å². The fourth-order valence-electron chi connectivity index (χ4n) is 2.10. The van der Waals surface area contributed by atoms with Gasteiger partial charge in [0, 0.05) is 11.6 Å². The SMILES string of the molecule is CCOc1ccc(C(=O)COC(=O)CS[C@H](C)C(=O)Nc2cc(C)on2)cc1. The number of hydrogen-bond acceptors (Lipinski definition) is 8. The van der Waals surface area contributed by atoms with Crippen molar-refractivity contribution in [3.05, 3.63) is 41.7 Å². The third-order valence-electron chi connectivity index (χ3n) is 3.55. The van der Waals surface area contributed by atoms with Crippen LogP contribution in [0.4, 0.5) is 5.82 Å². The molecule has 1 amide bonds. The zero-order valence-electron chi connectivity index (χ0n) is 15.9. The lowest BCUT2D eigenvalue weighted by molar-refractivity contribution is -0.139. The number of rotatable bonds is 10. The highest BCUT2D eigenvalue weighted by Gasteiger charge is 2.18. The maximum atomic E-state index is 12.1. The fraction of sp³-hybridized carbons (Fsp3) is 0.368. The molecular formula is C19H22N2O6S. The van der Waals surface area contributed by atoms with E-state index in [-0.39, 0.29) is 24.1 Å². The lowest BCUT2D eigenvalue weighted by atomic mass is 10.1. The molecule has 2 aromatic rings. The van der Waals surface area contributed by atoms with E-state index in [2.05, 4.69) is 10.5 Å². The number of hydrogen-bond donors (Lipinski definition) is 1. The van der Waals surface area contributed by atoms with Gasteiger partial charge in [-0.25, -0.2) is 0 Å². The summed E-state index contributed by atoms with van der Waals surface area (Å²) in [6, 6.07) is 8.20. The van der Waals surface area contributed by atoms with Gasteiger partial charge in [-0.2, -0.15) is 0 Å². The van der Waals surface area contributed by atoms with Crippen LogP contribution in [-0.4, -0.2) is 47.0 Å². The molecule has 28 heavy (non-hydrogen) atoms. The number of ketones is 1. The van der Waals surface area contributed by atoms with Gasteiger partial charge < -0.3 is 19.3 Å². The van der Waals surface area contributed by atoms with E-state index in [4.69, 9.17) is 14.0 Å². The van der Waals surface area contributed by atoms with Gasteiger partial charge in [-0.05, 0) is 45.0 Å². The van der Waals surface area contributed by atoms with Crippen molar-refractivity contribution in [1.29, 1.82) is 0 Å². The first-order valence-corrected chi connectivity index (χ1v) is 9.71. The molecule has 0 aliphatic rings. The number of carbonyl (C=O) groups is 3. The maximum absolute atomic E-state index is 12.1. The van der Waals surface area contributed by atoms with Crippen LogP contribution in [0, 0.1) is 6.92 Å². The highest BCUT2D eigenvalue weighted by Crippen LogP contribution is 2.15. The first kappa shape index (κ1) is 21.5. The third-order valence-corrected chi connectivity index (χ3v) is 4.67. The van der Waals surface area contributed by atoms with Gasteiger partial charge in [-0.15, -0.1) is 11.8 Å². The summed E-state index contributed by atoms with van der Waals surface area (Å²) in [6.07, 6.45) is 0. The van der Waals surface area contributed by atoms with Crippen LogP contribution in [0.1, 0.15) is 30.0 Å². The maximum Gasteiger partial charge on any atom is 0.316 e. The zero-order valence-corrected chi connectivity index (χ0v) is 16.7. The van der Waals surface area contributed by atoms with Crippen LogP contribution in [0.5, 0.6) is 5.75 Å². The minimum absolute atomic E-state index is 0.0526. The number of benzene rings is 1. The lowest BCUT2D eigenvalue weighted by Gasteiger charge is -2.10. The number of nitrogens with one attached hydrogen (secondary N) is 1. The van der Waals surface area contributed by atoms with E-state index in [0.717, 1.165) is 11.8 Å². The van der Waals surface area contributed by atoms with E-state index < -0.39 is 11.2 Å². The molecule has 0 saturated heterocycles. The van der Waals surface area contributed by atoms with Crippen LogP contribution >= 0.6 is 11.8 Å². The molecule has 0 bridgehead atoms. The van der Waals surface area contributed by atoms with E-state index in [9.17, 15) is 14.4 Å². The Hall–Kier alpha value is -2.81. The van der Waals surface area contributed by atoms with Gasteiger partial charge in [0.1, 0.15) is 11.5 Å². The summed E-state index contributed by atoms with van der Waals surface area (Å²) in [5, 5.41) is 5.76. The number of Topliss-reactive ketones (excluding diaryl/α,β-unsaturated/α-hetero) is 1. The molecule has 0 fully saturated rings. The van der Waals surface area contributed by atoms with Crippen molar-refractivity contribution in [3.63, 3.8) is 0 Å². The van der Waals surface area contributed by atoms with E-state index in [1.54, 1.807) is 44.2 Å². The Bertz CT molecular complexity index is 818. The summed E-state index contributed by atoms with van der Waals surface area (Å²) in [5.74, 6) is 0.324. The summed E-state index contributed by atoms with van der Waals surface area (Å²) in [6.45, 7) is 5.43. The number of esters is 1. The number of aromatic nitrogens is 1. The minimum atomic E-state index is -0.568. The minimum Gasteiger partial charge on any atom is -0.494 e. The number of aryl methyl sites for hydroxylation is 1. The van der Waals surface area contributed by atoms with Gasteiger partial charge in [0.05, 0.1) is 17.6 Å². The summed E-state index contributed by atoms with van der Waals surface area (Å²) in [5.41, 5.74) is 0.430. The first-order chi connectivity index (χ1) is 13.4.